The summed E-state index contributed by atoms with van der Waals surface area (Å²) in [5, 5.41) is 20.3. The van der Waals surface area contributed by atoms with E-state index in [9.17, 15) is 14.7 Å². The van der Waals surface area contributed by atoms with Crippen LogP contribution in [0.3, 0.4) is 0 Å². The molecule has 0 bridgehead atoms. The van der Waals surface area contributed by atoms with Gasteiger partial charge in [0.25, 0.3) is 5.56 Å². The van der Waals surface area contributed by atoms with Crippen molar-refractivity contribution in [3.05, 3.63) is 40.6 Å². The molecule has 8 nitrogen and oxygen atoms in total. The summed E-state index contributed by atoms with van der Waals surface area (Å²) in [6.07, 6.45) is 1.52. The van der Waals surface area contributed by atoms with Crippen molar-refractivity contribution in [1.29, 1.82) is 0 Å². The van der Waals surface area contributed by atoms with E-state index in [0.29, 0.717) is 17.1 Å². The lowest BCUT2D eigenvalue weighted by molar-refractivity contribution is 0.0734. The Bertz CT molecular complexity index is 716. The quantitative estimate of drug-likeness (QED) is 0.671. The molecule has 0 radical (unpaired) electrons. The summed E-state index contributed by atoms with van der Waals surface area (Å²) in [6, 6.07) is 2.86. The average Bonchev–Trinajstić information content (AvgIpc) is 2.40. The Balaban J connectivity index is 2.33. The lowest BCUT2D eigenvalue weighted by Gasteiger charge is -2.15. The topological polar surface area (TPSA) is 128 Å². The van der Waals surface area contributed by atoms with Gasteiger partial charge in [-0.1, -0.05) is 0 Å². The molecule has 110 valence electrons. The van der Waals surface area contributed by atoms with E-state index in [0.717, 1.165) is 0 Å². The summed E-state index contributed by atoms with van der Waals surface area (Å²) < 4.78 is 0. The number of aromatic amines is 1. The van der Waals surface area contributed by atoms with Crippen LogP contribution >= 0.6 is 0 Å². The molecule has 2 rings (SSSR count). The fourth-order valence-corrected chi connectivity index (χ4v) is 1.62. The minimum atomic E-state index is -1.32. The third-order valence-electron chi connectivity index (χ3n) is 2.71. The number of nitrogens with zero attached hydrogens (tertiary/aromatic N) is 2. The molecule has 1 amide bonds. The lowest BCUT2D eigenvalue weighted by Crippen LogP contribution is -2.19. The molecule has 0 spiro atoms. The van der Waals surface area contributed by atoms with Crippen LogP contribution in [-0.2, 0) is 5.60 Å². The second-order valence-electron chi connectivity index (χ2n) is 4.89. The molecule has 2 aromatic heterocycles. The number of aliphatic hydroxyl groups is 1. The summed E-state index contributed by atoms with van der Waals surface area (Å²) in [6.45, 7) is 3.18. The maximum absolute atomic E-state index is 11.7. The molecule has 0 unspecified atom stereocenters. The predicted molar refractivity (Wildman–Crippen MR) is 75.0 cm³/mol. The first-order valence-electron chi connectivity index (χ1n) is 6.06. The minimum Gasteiger partial charge on any atom is -0.465 e. The van der Waals surface area contributed by atoms with Crippen molar-refractivity contribution in [1.82, 2.24) is 15.0 Å². The number of amides is 1. The number of hydrogen-bond acceptors (Lipinski definition) is 5. The van der Waals surface area contributed by atoms with Crippen molar-refractivity contribution in [3.63, 3.8) is 0 Å². The highest BCUT2D eigenvalue weighted by Gasteiger charge is 2.18. The molecular weight excluding hydrogens is 276 g/mol. The van der Waals surface area contributed by atoms with Gasteiger partial charge in [-0.25, -0.2) is 4.79 Å². The number of carboxylic acid groups (broad SMARTS) is 1. The van der Waals surface area contributed by atoms with Crippen molar-refractivity contribution < 1.29 is 15.0 Å². The number of rotatable bonds is 3. The van der Waals surface area contributed by atoms with Gasteiger partial charge >= 0.3 is 6.09 Å². The van der Waals surface area contributed by atoms with Crippen LogP contribution in [-0.4, -0.2) is 31.3 Å². The summed E-state index contributed by atoms with van der Waals surface area (Å²) in [4.78, 5) is 32.9. The van der Waals surface area contributed by atoms with Gasteiger partial charge in [0.1, 0.15) is 17.0 Å². The minimum absolute atomic E-state index is 0.0766. The molecule has 0 saturated heterocycles. The molecule has 21 heavy (non-hydrogen) atoms. The van der Waals surface area contributed by atoms with Crippen molar-refractivity contribution in [3.8, 4) is 11.4 Å². The van der Waals surface area contributed by atoms with E-state index in [1.165, 1.54) is 24.5 Å². The Kier molecular flexibility index (Phi) is 3.72. The monoisotopic (exact) mass is 290 g/mol. The fourth-order valence-electron chi connectivity index (χ4n) is 1.62. The van der Waals surface area contributed by atoms with Crippen LogP contribution in [0.25, 0.3) is 11.4 Å². The van der Waals surface area contributed by atoms with E-state index < -0.39 is 17.3 Å². The van der Waals surface area contributed by atoms with E-state index in [-0.39, 0.29) is 5.69 Å². The van der Waals surface area contributed by atoms with Gasteiger partial charge in [-0.05, 0) is 26.0 Å². The molecule has 2 aromatic rings. The third kappa shape index (κ3) is 3.42. The average molecular weight is 290 g/mol. The largest absolute Gasteiger partial charge is 0.465 e. The molecule has 0 fully saturated rings. The van der Waals surface area contributed by atoms with Gasteiger partial charge in [0.15, 0.2) is 0 Å². The highest BCUT2D eigenvalue weighted by atomic mass is 16.4. The number of anilines is 1. The SMILES string of the molecule is CC(C)(O)c1cnc(-c2ccc(NC(=O)O)c(=O)[nH]2)cn1. The highest BCUT2D eigenvalue weighted by molar-refractivity contribution is 5.82. The Morgan fingerprint density at radius 2 is 2.00 bits per heavy atom. The standard InChI is InChI=1S/C13H14N4O4/c1-13(2,21)10-6-14-9(5-15-10)7-3-4-8(11(18)16-7)17-12(19)20/h3-6,17,21H,1-2H3,(H,16,18)(H,19,20). The lowest BCUT2D eigenvalue weighted by atomic mass is 10.1. The molecule has 0 saturated carbocycles. The molecule has 8 heteroatoms. The van der Waals surface area contributed by atoms with Crippen molar-refractivity contribution in [2.75, 3.05) is 5.32 Å². The number of H-pyrrole nitrogens is 1. The van der Waals surface area contributed by atoms with Crippen LogP contribution in [0, 0.1) is 0 Å². The molecule has 4 N–H and O–H groups in total. The number of nitrogens with one attached hydrogen (secondary N) is 2. The van der Waals surface area contributed by atoms with Gasteiger partial charge in [-0.3, -0.25) is 20.1 Å². The van der Waals surface area contributed by atoms with E-state index in [2.05, 4.69) is 15.0 Å². The van der Waals surface area contributed by atoms with Gasteiger partial charge in [-0.2, -0.15) is 0 Å². The van der Waals surface area contributed by atoms with Gasteiger partial charge < -0.3 is 15.2 Å². The second-order valence-corrected chi connectivity index (χ2v) is 4.89. The van der Waals surface area contributed by atoms with Crippen LogP contribution in [0.1, 0.15) is 19.5 Å². The number of carbonyl (C=O) groups is 1. The highest BCUT2D eigenvalue weighted by Crippen LogP contribution is 2.18. The Morgan fingerprint density at radius 1 is 1.29 bits per heavy atom. The summed E-state index contributed by atoms with van der Waals surface area (Å²) >= 11 is 0. The molecule has 0 aliphatic rings. The van der Waals surface area contributed by atoms with Gasteiger partial charge in [-0.15, -0.1) is 0 Å². The summed E-state index contributed by atoms with van der Waals surface area (Å²) in [7, 11) is 0. The fraction of sp³-hybridized carbons (Fsp3) is 0.231. The normalized spacial score (nSPS) is 11.2. The molecule has 2 heterocycles. The zero-order valence-electron chi connectivity index (χ0n) is 11.4. The van der Waals surface area contributed by atoms with Gasteiger partial charge in [0, 0.05) is 0 Å². The van der Waals surface area contributed by atoms with Gasteiger partial charge in [0.2, 0.25) is 0 Å². The maximum atomic E-state index is 11.7. The van der Waals surface area contributed by atoms with Crippen molar-refractivity contribution in [2.45, 2.75) is 19.4 Å². The second kappa shape index (κ2) is 5.33. The molecule has 0 aliphatic heterocycles. The zero-order valence-corrected chi connectivity index (χ0v) is 11.4. The van der Waals surface area contributed by atoms with Crippen LogP contribution < -0.4 is 10.9 Å². The molecular formula is C13H14N4O4. The summed E-state index contributed by atoms with van der Waals surface area (Å²) in [5.41, 5.74) is -0.560. The Morgan fingerprint density at radius 3 is 2.48 bits per heavy atom. The van der Waals surface area contributed by atoms with E-state index in [4.69, 9.17) is 5.11 Å². The predicted octanol–water partition coefficient (Wildman–Crippen LogP) is 1.15. The van der Waals surface area contributed by atoms with Gasteiger partial charge in [0.05, 0.1) is 23.8 Å². The molecule has 0 atom stereocenters. The smallest absolute Gasteiger partial charge is 0.409 e. The van der Waals surface area contributed by atoms with E-state index in [1.54, 1.807) is 13.8 Å². The Hall–Kier alpha value is -2.74. The van der Waals surface area contributed by atoms with Crippen LogP contribution in [0.5, 0.6) is 0 Å². The number of aromatic nitrogens is 3. The first-order chi connectivity index (χ1) is 9.77. The van der Waals surface area contributed by atoms with E-state index in [1.807, 2.05) is 5.32 Å². The third-order valence-corrected chi connectivity index (χ3v) is 2.71. The zero-order chi connectivity index (χ0) is 15.6. The maximum Gasteiger partial charge on any atom is 0.409 e. The molecule has 0 aliphatic carbocycles. The van der Waals surface area contributed by atoms with Crippen molar-refractivity contribution in [2.24, 2.45) is 0 Å². The Labute approximate surface area is 119 Å². The summed E-state index contributed by atoms with van der Waals surface area (Å²) in [5.74, 6) is 0. The van der Waals surface area contributed by atoms with Crippen LogP contribution in [0.15, 0.2) is 29.3 Å². The number of hydrogen-bond donors (Lipinski definition) is 4. The first-order valence-corrected chi connectivity index (χ1v) is 6.06. The van der Waals surface area contributed by atoms with Crippen LogP contribution in [0.2, 0.25) is 0 Å². The van der Waals surface area contributed by atoms with Crippen molar-refractivity contribution >= 4 is 11.8 Å². The molecule has 0 aromatic carbocycles. The van der Waals surface area contributed by atoms with Crippen LogP contribution in [0.4, 0.5) is 10.5 Å². The number of pyridine rings is 1. The van der Waals surface area contributed by atoms with E-state index >= 15 is 0 Å². The first kappa shape index (κ1) is 14.7.